The standard InChI is InChI=1S/C16H19ClN2O/c17-15-7-5-13(6-8-15)11-14(12-18)16(20)19-9-3-1-2-4-10-19/h5-8,14H,1-4,9-11H2. The Hall–Kier alpha value is -1.53. The monoisotopic (exact) mass is 290 g/mol. The molecule has 0 aromatic heterocycles. The number of halogens is 1. The first-order chi connectivity index (χ1) is 9.70. The third-order valence-corrected chi connectivity index (χ3v) is 3.98. The van der Waals surface area contributed by atoms with Crippen LogP contribution in [-0.2, 0) is 11.2 Å². The van der Waals surface area contributed by atoms with Crippen molar-refractivity contribution in [2.24, 2.45) is 5.92 Å². The molecule has 2 rings (SSSR count). The molecule has 0 aliphatic carbocycles. The lowest BCUT2D eigenvalue weighted by molar-refractivity contribution is -0.133. The molecule has 1 amide bonds. The van der Waals surface area contributed by atoms with Crippen LogP contribution in [-0.4, -0.2) is 23.9 Å². The first-order valence-corrected chi connectivity index (χ1v) is 7.51. The van der Waals surface area contributed by atoms with Crippen molar-refractivity contribution in [1.29, 1.82) is 5.26 Å². The van der Waals surface area contributed by atoms with Crippen LogP contribution in [0.4, 0.5) is 0 Å². The van der Waals surface area contributed by atoms with Gasteiger partial charge in [0.1, 0.15) is 5.92 Å². The Bertz CT molecular complexity index is 484. The summed E-state index contributed by atoms with van der Waals surface area (Å²) in [6.07, 6.45) is 4.91. The number of nitrogens with zero attached hydrogens (tertiary/aromatic N) is 2. The average molecular weight is 291 g/mol. The van der Waals surface area contributed by atoms with Gasteiger partial charge in [-0.1, -0.05) is 36.6 Å². The molecule has 0 radical (unpaired) electrons. The Morgan fingerprint density at radius 1 is 1.20 bits per heavy atom. The number of benzene rings is 1. The molecule has 1 unspecified atom stereocenters. The number of rotatable bonds is 3. The van der Waals surface area contributed by atoms with E-state index in [9.17, 15) is 10.1 Å². The lowest BCUT2D eigenvalue weighted by Gasteiger charge is -2.23. The van der Waals surface area contributed by atoms with Gasteiger partial charge in [-0.15, -0.1) is 0 Å². The zero-order valence-electron chi connectivity index (χ0n) is 11.5. The van der Waals surface area contributed by atoms with Crippen LogP contribution in [0.25, 0.3) is 0 Å². The molecule has 1 fully saturated rings. The first-order valence-electron chi connectivity index (χ1n) is 7.13. The molecule has 1 aromatic rings. The molecule has 0 N–H and O–H groups in total. The molecule has 1 aliphatic rings. The van der Waals surface area contributed by atoms with Crippen molar-refractivity contribution in [3.63, 3.8) is 0 Å². The van der Waals surface area contributed by atoms with Crippen LogP contribution in [0, 0.1) is 17.2 Å². The van der Waals surface area contributed by atoms with Crippen molar-refractivity contribution in [3.8, 4) is 6.07 Å². The van der Waals surface area contributed by atoms with Gasteiger partial charge in [-0.05, 0) is 37.0 Å². The summed E-state index contributed by atoms with van der Waals surface area (Å²) in [5, 5.41) is 9.96. The Labute approximate surface area is 125 Å². The molecule has 3 nitrogen and oxygen atoms in total. The van der Waals surface area contributed by atoms with E-state index >= 15 is 0 Å². The minimum Gasteiger partial charge on any atom is -0.342 e. The van der Waals surface area contributed by atoms with Crippen LogP contribution in [0.5, 0.6) is 0 Å². The van der Waals surface area contributed by atoms with Gasteiger partial charge in [0, 0.05) is 18.1 Å². The molecule has 0 saturated carbocycles. The molecule has 1 aromatic carbocycles. The highest BCUT2D eigenvalue weighted by Gasteiger charge is 2.24. The van der Waals surface area contributed by atoms with Crippen LogP contribution in [0.3, 0.4) is 0 Å². The van der Waals surface area contributed by atoms with Gasteiger partial charge in [0.25, 0.3) is 0 Å². The van der Waals surface area contributed by atoms with Crippen molar-refractivity contribution in [2.75, 3.05) is 13.1 Å². The highest BCUT2D eigenvalue weighted by molar-refractivity contribution is 6.30. The number of amides is 1. The second kappa shape index (κ2) is 7.31. The first kappa shape index (κ1) is 14.9. The quantitative estimate of drug-likeness (QED) is 0.856. The second-order valence-electron chi connectivity index (χ2n) is 5.25. The van der Waals surface area contributed by atoms with Gasteiger partial charge < -0.3 is 4.90 Å². The van der Waals surface area contributed by atoms with Gasteiger partial charge in [0.15, 0.2) is 0 Å². The van der Waals surface area contributed by atoms with Crippen molar-refractivity contribution < 1.29 is 4.79 Å². The number of carbonyl (C=O) groups excluding carboxylic acids is 1. The fourth-order valence-electron chi connectivity index (χ4n) is 2.56. The summed E-state index contributed by atoms with van der Waals surface area (Å²) in [4.78, 5) is 14.3. The summed E-state index contributed by atoms with van der Waals surface area (Å²) in [7, 11) is 0. The van der Waals surface area contributed by atoms with Gasteiger partial charge in [-0.3, -0.25) is 4.79 Å². The summed E-state index contributed by atoms with van der Waals surface area (Å²) in [6.45, 7) is 1.58. The van der Waals surface area contributed by atoms with Gasteiger partial charge in [0.05, 0.1) is 6.07 Å². The van der Waals surface area contributed by atoms with Crippen molar-refractivity contribution in [1.82, 2.24) is 4.90 Å². The predicted octanol–water partition coefficient (Wildman–Crippen LogP) is 3.42. The lowest BCUT2D eigenvalue weighted by atomic mass is 9.99. The maximum atomic E-state index is 12.4. The molecule has 1 heterocycles. The Balaban J connectivity index is 2.01. The molecule has 4 heteroatoms. The smallest absolute Gasteiger partial charge is 0.240 e. The molecule has 1 atom stereocenters. The predicted molar refractivity (Wildman–Crippen MR) is 79.3 cm³/mol. The van der Waals surface area contributed by atoms with Crippen LogP contribution < -0.4 is 0 Å². The Morgan fingerprint density at radius 2 is 1.80 bits per heavy atom. The summed E-state index contributed by atoms with van der Waals surface area (Å²) >= 11 is 5.84. The van der Waals surface area contributed by atoms with E-state index in [0.29, 0.717) is 11.4 Å². The van der Waals surface area contributed by atoms with Gasteiger partial charge in [0.2, 0.25) is 5.91 Å². The maximum Gasteiger partial charge on any atom is 0.240 e. The third-order valence-electron chi connectivity index (χ3n) is 3.72. The van der Waals surface area contributed by atoms with Crippen molar-refractivity contribution in [3.05, 3.63) is 34.9 Å². The van der Waals surface area contributed by atoms with Crippen molar-refractivity contribution >= 4 is 17.5 Å². The van der Waals surface area contributed by atoms with E-state index in [1.54, 1.807) is 12.1 Å². The summed E-state index contributed by atoms with van der Waals surface area (Å²) in [5.41, 5.74) is 0.976. The minimum absolute atomic E-state index is 0.0237. The molecule has 0 bridgehead atoms. The second-order valence-corrected chi connectivity index (χ2v) is 5.69. The molecule has 1 saturated heterocycles. The van der Waals surface area contributed by atoms with E-state index in [0.717, 1.165) is 31.5 Å². The van der Waals surface area contributed by atoms with Gasteiger partial charge in [-0.2, -0.15) is 5.26 Å². The van der Waals surface area contributed by atoms with E-state index in [2.05, 4.69) is 6.07 Å². The Kier molecular flexibility index (Phi) is 5.43. The highest BCUT2D eigenvalue weighted by atomic mass is 35.5. The number of hydrogen-bond donors (Lipinski definition) is 0. The van der Waals surface area contributed by atoms with E-state index in [4.69, 9.17) is 11.6 Å². The van der Waals surface area contributed by atoms with E-state index in [-0.39, 0.29) is 5.91 Å². The molecule has 1 aliphatic heterocycles. The average Bonchev–Trinajstić information content (AvgIpc) is 2.75. The minimum atomic E-state index is -0.589. The normalized spacial score (nSPS) is 17.1. The number of carbonyl (C=O) groups is 1. The van der Waals surface area contributed by atoms with Crippen LogP contribution >= 0.6 is 11.6 Å². The van der Waals surface area contributed by atoms with E-state index in [1.807, 2.05) is 17.0 Å². The largest absolute Gasteiger partial charge is 0.342 e. The van der Waals surface area contributed by atoms with Gasteiger partial charge >= 0.3 is 0 Å². The molecule has 106 valence electrons. The molecular weight excluding hydrogens is 272 g/mol. The fraction of sp³-hybridized carbons (Fsp3) is 0.500. The number of nitriles is 1. The zero-order valence-corrected chi connectivity index (χ0v) is 12.3. The molecule has 0 spiro atoms. The summed E-state index contributed by atoms with van der Waals surface area (Å²) in [5.74, 6) is -0.612. The van der Waals surface area contributed by atoms with E-state index in [1.165, 1.54) is 12.8 Å². The third kappa shape index (κ3) is 3.98. The highest BCUT2D eigenvalue weighted by Crippen LogP contribution is 2.17. The van der Waals surface area contributed by atoms with Crippen LogP contribution in [0.15, 0.2) is 24.3 Å². The van der Waals surface area contributed by atoms with Crippen molar-refractivity contribution in [2.45, 2.75) is 32.1 Å². The zero-order chi connectivity index (χ0) is 14.4. The van der Waals surface area contributed by atoms with Crippen LogP contribution in [0.2, 0.25) is 5.02 Å². The van der Waals surface area contributed by atoms with Gasteiger partial charge in [-0.25, -0.2) is 0 Å². The number of likely N-dealkylation sites (tertiary alicyclic amines) is 1. The molecular formula is C16H19ClN2O. The summed E-state index contributed by atoms with van der Waals surface area (Å²) in [6, 6.07) is 9.50. The summed E-state index contributed by atoms with van der Waals surface area (Å²) < 4.78 is 0. The maximum absolute atomic E-state index is 12.4. The topological polar surface area (TPSA) is 44.1 Å². The fourth-order valence-corrected chi connectivity index (χ4v) is 2.68. The van der Waals surface area contributed by atoms with E-state index < -0.39 is 5.92 Å². The lowest BCUT2D eigenvalue weighted by Crippen LogP contribution is -2.37. The number of hydrogen-bond acceptors (Lipinski definition) is 2. The molecule has 20 heavy (non-hydrogen) atoms. The SMILES string of the molecule is N#CC(Cc1ccc(Cl)cc1)C(=O)N1CCCCCC1. The Morgan fingerprint density at radius 3 is 2.35 bits per heavy atom. The van der Waals surface area contributed by atoms with Crippen LogP contribution in [0.1, 0.15) is 31.2 Å².